The summed E-state index contributed by atoms with van der Waals surface area (Å²) in [5.41, 5.74) is 7.67. The van der Waals surface area contributed by atoms with Crippen LogP contribution in [0.3, 0.4) is 0 Å². The molecule has 0 amide bonds. The van der Waals surface area contributed by atoms with E-state index >= 15 is 0 Å². The van der Waals surface area contributed by atoms with Gasteiger partial charge in [0.2, 0.25) is 0 Å². The van der Waals surface area contributed by atoms with Crippen LogP contribution >= 0.6 is 0 Å². The number of nitrogens with zero attached hydrogens (tertiary/aromatic N) is 1. The van der Waals surface area contributed by atoms with Crippen LogP contribution in [0.2, 0.25) is 0 Å². The van der Waals surface area contributed by atoms with Gasteiger partial charge < -0.3 is 15.4 Å². The van der Waals surface area contributed by atoms with Crippen molar-refractivity contribution >= 4 is 0 Å². The van der Waals surface area contributed by atoms with E-state index in [2.05, 4.69) is 29.2 Å². The predicted molar refractivity (Wildman–Crippen MR) is 81.9 cm³/mol. The van der Waals surface area contributed by atoms with Crippen LogP contribution in [-0.4, -0.2) is 37.7 Å². The number of hydrogen-bond donors (Lipinski definition) is 1. The quantitative estimate of drug-likeness (QED) is 0.915. The second kappa shape index (κ2) is 6.15. The summed E-state index contributed by atoms with van der Waals surface area (Å²) in [6.07, 6.45) is 5.07. The van der Waals surface area contributed by atoms with Gasteiger partial charge in [-0.3, -0.25) is 0 Å². The van der Waals surface area contributed by atoms with E-state index in [1.807, 2.05) is 0 Å². The van der Waals surface area contributed by atoms with Crippen molar-refractivity contribution in [1.82, 2.24) is 4.90 Å². The summed E-state index contributed by atoms with van der Waals surface area (Å²) < 4.78 is 5.20. The Morgan fingerprint density at radius 1 is 1.20 bits per heavy atom. The molecule has 3 rings (SSSR count). The third-order valence-corrected chi connectivity index (χ3v) is 5.11. The summed E-state index contributed by atoms with van der Waals surface area (Å²) in [4.78, 5) is 2.62. The normalized spacial score (nSPS) is 30.2. The molecule has 3 nitrogen and oxygen atoms in total. The first-order chi connectivity index (χ1) is 9.76. The van der Waals surface area contributed by atoms with Gasteiger partial charge in [-0.25, -0.2) is 0 Å². The Labute approximate surface area is 122 Å². The van der Waals surface area contributed by atoms with E-state index in [1.165, 1.54) is 37.9 Å². The van der Waals surface area contributed by atoms with Crippen LogP contribution < -0.4 is 10.5 Å². The highest BCUT2D eigenvalue weighted by molar-refractivity contribution is 5.27. The molecule has 0 spiro atoms. The molecule has 1 aromatic rings. The number of hydrogen-bond acceptors (Lipinski definition) is 3. The Kier molecular flexibility index (Phi) is 4.27. The van der Waals surface area contributed by atoms with E-state index in [4.69, 9.17) is 10.5 Å². The average molecular weight is 274 g/mol. The minimum atomic E-state index is 0.444. The van der Waals surface area contributed by atoms with Gasteiger partial charge in [-0.1, -0.05) is 18.6 Å². The number of rotatable bonds is 4. The van der Waals surface area contributed by atoms with Crippen molar-refractivity contribution in [3.8, 4) is 5.75 Å². The molecule has 0 aromatic heterocycles. The Morgan fingerprint density at radius 3 is 2.70 bits per heavy atom. The van der Waals surface area contributed by atoms with E-state index in [0.29, 0.717) is 6.04 Å². The lowest BCUT2D eigenvalue weighted by molar-refractivity contribution is 0.259. The molecule has 20 heavy (non-hydrogen) atoms. The smallest absolute Gasteiger partial charge is 0.118 e. The number of benzene rings is 1. The van der Waals surface area contributed by atoms with Gasteiger partial charge in [-0.15, -0.1) is 0 Å². The highest BCUT2D eigenvalue weighted by Gasteiger charge is 2.38. The van der Waals surface area contributed by atoms with Crippen LogP contribution in [0.4, 0.5) is 0 Å². The van der Waals surface area contributed by atoms with Gasteiger partial charge in [-0.05, 0) is 48.8 Å². The molecule has 1 aliphatic carbocycles. The van der Waals surface area contributed by atoms with Crippen LogP contribution in [0.15, 0.2) is 24.3 Å². The minimum Gasteiger partial charge on any atom is -0.497 e. The summed E-state index contributed by atoms with van der Waals surface area (Å²) in [5, 5.41) is 0. The van der Waals surface area contributed by atoms with Crippen molar-refractivity contribution in [3.63, 3.8) is 0 Å². The van der Waals surface area contributed by atoms with Crippen molar-refractivity contribution in [2.24, 2.45) is 17.6 Å². The van der Waals surface area contributed by atoms with Crippen LogP contribution in [0.1, 0.15) is 24.8 Å². The number of nitrogens with two attached hydrogens (primary N) is 1. The van der Waals surface area contributed by atoms with Crippen LogP contribution in [-0.2, 0) is 6.42 Å². The molecule has 3 atom stereocenters. The molecule has 1 heterocycles. The molecular formula is C17H26N2O. The molecule has 0 radical (unpaired) electrons. The first-order valence-electron chi connectivity index (χ1n) is 7.87. The van der Waals surface area contributed by atoms with Gasteiger partial charge in [0.25, 0.3) is 0 Å². The standard InChI is InChI=1S/C17H26N2O/c1-20-15-7-5-13(6-8-15)9-10-19-11-14-3-2-4-17(18)16(14)12-19/h5-8,14,16-17H,2-4,9-12,18H2,1H3. The Bertz CT molecular complexity index is 431. The van der Waals surface area contributed by atoms with Crippen molar-refractivity contribution in [3.05, 3.63) is 29.8 Å². The molecule has 2 fully saturated rings. The molecule has 1 aliphatic heterocycles. The van der Waals surface area contributed by atoms with Crippen LogP contribution in [0, 0.1) is 11.8 Å². The summed E-state index contributed by atoms with van der Waals surface area (Å²) >= 11 is 0. The van der Waals surface area contributed by atoms with Gasteiger partial charge in [0.05, 0.1) is 7.11 Å². The van der Waals surface area contributed by atoms with E-state index in [9.17, 15) is 0 Å². The van der Waals surface area contributed by atoms with Gasteiger partial charge in [0, 0.05) is 25.7 Å². The molecule has 2 aliphatic rings. The predicted octanol–water partition coefficient (Wildman–Crippen LogP) is 2.30. The van der Waals surface area contributed by atoms with Crippen molar-refractivity contribution < 1.29 is 4.74 Å². The number of likely N-dealkylation sites (tertiary alicyclic amines) is 1. The summed E-state index contributed by atoms with van der Waals surface area (Å²) in [6, 6.07) is 8.89. The number of fused-ring (bicyclic) bond motifs is 1. The number of ether oxygens (including phenoxy) is 1. The fraction of sp³-hybridized carbons (Fsp3) is 0.647. The third-order valence-electron chi connectivity index (χ3n) is 5.11. The summed E-state index contributed by atoms with van der Waals surface area (Å²) in [5.74, 6) is 2.54. The lowest BCUT2D eigenvalue weighted by Crippen LogP contribution is -2.38. The Morgan fingerprint density at radius 2 is 2.00 bits per heavy atom. The maximum absolute atomic E-state index is 6.28. The first kappa shape index (κ1) is 13.9. The second-order valence-electron chi connectivity index (χ2n) is 6.38. The van der Waals surface area contributed by atoms with Gasteiger partial charge in [0.1, 0.15) is 5.75 Å². The zero-order valence-corrected chi connectivity index (χ0v) is 12.4. The maximum atomic E-state index is 6.28. The molecule has 3 unspecified atom stereocenters. The van der Waals surface area contributed by atoms with Gasteiger partial charge in [0.15, 0.2) is 0 Å². The summed E-state index contributed by atoms with van der Waals surface area (Å²) in [7, 11) is 1.71. The SMILES string of the molecule is COc1ccc(CCN2CC3CCCC(N)C3C2)cc1. The van der Waals surface area contributed by atoms with E-state index < -0.39 is 0 Å². The van der Waals surface area contributed by atoms with Gasteiger partial charge >= 0.3 is 0 Å². The molecule has 2 N–H and O–H groups in total. The van der Waals surface area contributed by atoms with Crippen molar-refractivity contribution in [2.45, 2.75) is 31.7 Å². The second-order valence-corrected chi connectivity index (χ2v) is 6.38. The molecule has 3 heteroatoms. The maximum Gasteiger partial charge on any atom is 0.118 e. The molecule has 1 saturated heterocycles. The monoisotopic (exact) mass is 274 g/mol. The van der Waals surface area contributed by atoms with Crippen molar-refractivity contribution in [2.75, 3.05) is 26.7 Å². The zero-order chi connectivity index (χ0) is 13.9. The first-order valence-corrected chi connectivity index (χ1v) is 7.87. The van der Waals surface area contributed by atoms with E-state index in [-0.39, 0.29) is 0 Å². The minimum absolute atomic E-state index is 0.444. The highest BCUT2D eigenvalue weighted by Crippen LogP contribution is 2.35. The van der Waals surface area contributed by atoms with Gasteiger partial charge in [-0.2, -0.15) is 0 Å². The van der Waals surface area contributed by atoms with E-state index in [0.717, 1.165) is 30.6 Å². The van der Waals surface area contributed by atoms with Crippen LogP contribution in [0.5, 0.6) is 5.75 Å². The zero-order valence-electron chi connectivity index (χ0n) is 12.4. The largest absolute Gasteiger partial charge is 0.497 e. The highest BCUT2D eigenvalue weighted by atomic mass is 16.5. The molecule has 1 saturated carbocycles. The topological polar surface area (TPSA) is 38.5 Å². The molecule has 110 valence electrons. The lowest BCUT2D eigenvalue weighted by Gasteiger charge is -2.29. The number of methoxy groups -OCH3 is 1. The average Bonchev–Trinajstić information content (AvgIpc) is 2.90. The van der Waals surface area contributed by atoms with Crippen molar-refractivity contribution in [1.29, 1.82) is 0 Å². The molecule has 1 aromatic carbocycles. The fourth-order valence-corrected chi connectivity index (χ4v) is 3.87. The molecular weight excluding hydrogens is 248 g/mol. The Hall–Kier alpha value is -1.06. The molecule has 0 bridgehead atoms. The van der Waals surface area contributed by atoms with Crippen LogP contribution in [0.25, 0.3) is 0 Å². The van der Waals surface area contributed by atoms with E-state index in [1.54, 1.807) is 7.11 Å². The third kappa shape index (κ3) is 2.99. The fourth-order valence-electron chi connectivity index (χ4n) is 3.87. The summed E-state index contributed by atoms with van der Waals surface area (Å²) in [6.45, 7) is 3.63. The lowest BCUT2D eigenvalue weighted by atomic mass is 9.78. The Balaban J connectivity index is 1.51.